The molecule has 0 saturated carbocycles. The van der Waals surface area contributed by atoms with E-state index in [4.69, 9.17) is 9.47 Å². The van der Waals surface area contributed by atoms with Crippen molar-refractivity contribution in [3.63, 3.8) is 0 Å². The van der Waals surface area contributed by atoms with Crippen molar-refractivity contribution in [2.24, 2.45) is 0 Å². The molecule has 0 unspecified atom stereocenters. The molecule has 0 bridgehead atoms. The van der Waals surface area contributed by atoms with Crippen molar-refractivity contribution in [2.45, 2.75) is 18.7 Å². The Morgan fingerprint density at radius 2 is 1.86 bits per heavy atom. The molecule has 0 radical (unpaired) electrons. The number of morpholine rings is 1. The molecule has 0 aliphatic carbocycles. The lowest BCUT2D eigenvalue weighted by Crippen LogP contribution is -2.49. The van der Waals surface area contributed by atoms with Crippen LogP contribution in [-0.2, 0) is 24.3 Å². The molecule has 2 heterocycles. The van der Waals surface area contributed by atoms with Crippen LogP contribution in [0.3, 0.4) is 0 Å². The van der Waals surface area contributed by atoms with Crippen LogP contribution in [-0.4, -0.2) is 82.0 Å². The van der Waals surface area contributed by atoms with Gasteiger partial charge in [-0.25, -0.2) is 8.42 Å². The maximum absolute atomic E-state index is 12.8. The van der Waals surface area contributed by atoms with E-state index in [0.29, 0.717) is 50.8 Å². The maximum Gasteiger partial charge on any atom is 0.265 e. The van der Waals surface area contributed by atoms with Gasteiger partial charge in [0.1, 0.15) is 12.3 Å². The van der Waals surface area contributed by atoms with Gasteiger partial charge in [0.05, 0.1) is 23.8 Å². The Labute approximate surface area is 164 Å². The van der Waals surface area contributed by atoms with Crippen LogP contribution in [0.4, 0.5) is 5.69 Å². The summed E-state index contributed by atoms with van der Waals surface area (Å²) in [5.74, 6) is -0.208. The van der Waals surface area contributed by atoms with Crippen LogP contribution >= 0.6 is 0 Å². The first-order valence-corrected chi connectivity index (χ1v) is 10.7. The zero-order chi connectivity index (χ0) is 20.3. The van der Waals surface area contributed by atoms with E-state index < -0.39 is 10.0 Å². The highest BCUT2D eigenvalue weighted by Crippen LogP contribution is 2.35. The summed E-state index contributed by atoms with van der Waals surface area (Å²) in [6.45, 7) is 5.72. The lowest BCUT2D eigenvalue weighted by Gasteiger charge is -2.33. The number of fused-ring (bicyclic) bond motifs is 1. The molecule has 1 fully saturated rings. The summed E-state index contributed by atoms with van der Waals surface area (Å²) in [5, 5.41) is 0. The average Bonchev–Trinajstić information content (AvgIpc) is 2.71. The zero-order valence-corrected chi connectivity index (χ0v) is 16.9. The Hall–Kier alpha value is -2.17. The fourth-order valence-electron chi connectivity index (χ4n) is 3.28. The number of hydrogen-bond acceptors (Lipinski definition) is 6. The van der Waals surface area contributed by atoms with Crippen LogP contribution in [0.15, 0.2) is 23.1 Å². The number of hydrogen-bond donors (Lipinski definition) is 0. The molecule has 1 aromatic rings. The van der Waals surface area contributed by atoms with E-state index in [9.17, 15) is 18.0 Å². The first-order valence-electron chi connectivity index (χ1n) is 9.31. The van der Waals surface area contributed by atoms with Crippen LogP contribution in [0.5, 0.6) is 5.75 Å². The summed E-state index contributed by atoms with van der Waals surface area (Å²) in [6.07, 6.45) is 0. The molecule has 2 amide bonds. The second kappa shape index (κ2) is 8.46. The number of amides is 2. The summed E-state index contributed by atoms with van der Waals surface area (Å²) >= 11 is 0. The van der Waals surface area contributed by atoms with Crippen LogP contribution in [0.2, 0.25) is 0 Å². The Kier molecular flexibility index (Phi) is 6.21. The highest BCUT2D eigenvalue weighted by molar-refractivity contribution is 7.89. The number of ether oxygens (including phenoxy) is 2. The number of sulfonamides is 1. The quantitative estimate of drug-likeness (QED) is 0.668. The smallest absolute Gasteiger partial charge is 0.265 e. The number of nitrogens with zero attached hydrogens (tertiary/aromatic N) is 3. The molecule has 2 aliphatic heterocycles. The molecule has 10 heteroatoms. The maximum atomic E-state index is 12.8. The van der Waals surface area contributed by atoms with E-state index in [-0.39, 0.29) is 29.9 Å². The predicted octanol–water partition coefficient (Wildman–Crippen LogP) is 0.301. The third kappa shape index (κ3) is 3.98. The molecular weight excluding hydrogens is 386 g/mol. The van der Waals surface area contributed by atoms with E-state index in [2.05, 4.69) is 0 Å². The number of carbonyl (C=O) groups excluding carboxylic acids is 2. The summed E-state index contributed by atoms with van der Waals surface area (Å²) < 4.78 is 37.7. The summed E-state index contributed by atoms with van der Waals surface area (Å²) in [6, 6.07) is 4.40. The predicted molar refractivity (Wildman–Crippen MR) is 102 cm³/mol. The normalized spacial score (nSPS) is 17.5. The van der Waals surface area contributed by atoms with Gasteiger partial charge in [0.2, 0.25) is 15.9 Å². The Bertz CT molecular complexity index is 847. The average molecular weight is 411 g/mol. The third-order valence-corrected chi connectivity index (χ3v) is 6.92. The number of benzene rings is 1. The van der Waals surface area contributed by atoms with E-state index in [1.165, 1.54) is 27.4 Å². The van der Waals surface area contributed by atoms with Gasteiger partial charge in [-0.2, -0.15) is 4.31 Å². The Balaban J connectivity index is 1.91. The molecule has 28 heavy (non-hydrogen) atoms. The van der Waals surface area contributed by atoms with Gasteiger partial charge in [-0.1, -0.05) is 13.8 Å². The molecule has 0 spiro atoms. The molecule has 9 nitrogen and oxygen atoms in total. The van der Waals surface area contributed by atoms with Gasteiger partial charge in [0.25, 0.3) is 5.91 Å². The third-order valence-electron chi connectivity index (χ3n) is 4.87. The molecule has 2 aliphatic rings. The molecule has 0 atom stereocenters. The van der Waals surface area contributed by atoms with E-state index in [1.54, 1.807) is 18.7 Å². The molecule has 1 saturated heterocycles. The van der Waals surface area contributed by atoms with Crippen molar-refractivity contribution < 1.29 is 27.5 Å². The minimum absolute atomic E-state index is 0.0667. The molecule has 0 aromatic heterocycles. The van der Waals surface area contributed by atoms with E-state index in [1.807, 2.05) is 0 Å². The summed E-state index contributed by atoms with van der Waals surface area (Å²) in [4.78, 5) is 28.1. The fraction of sp³-hybridized carbons (Fsp3) is 0.556. The Morgan fingerprint density at radius 3 is 2.50 bits per heavy atom. The molecule has 154 valence electrons. The van der Waals surface area contributed by atoms with Crippen LogP contribution in [0, 0.1) is 0 Å². The van der Waals surface area contributed by atoms with Crippen molar-refractivity contribution >= 4 is 27.5 Å². The van der Waals surface area contributed by atoms with Crippen molar-refractivity contribution in [1.82, 2.24) is 9.21 Å². The standard InChI is InChI=1S/C18H25N3O6S/c1-3-20(4-2)28(24,25)14-5-6-16-15(11-14)21(18(23)13-27-16)12-17(22)19-7-9-26-10-8-19/h5-6,11H,3-4,7-10,12-13H2,1-2H3. The van der Waals surface area contributed by atoms with Gasteiger partial charge in [0, 0.05) is 26.2 Å². The van der Waals surface area contributed by atoms with Crippen molar-refractivity contribution in [3.8, 4) is 5.75 Å². The second-order valence-electron chi connectivity index (χ2n) is 6.48. The largest absolute Gasteiger partial charge is 0.482 e. The summed E-state index contributed by atoms with van der Waals surface area (Å²) in [7, 11) is -3.70. The van der Waals surface area contributed by atoms with Gasteiger partial charge in [-0.3, -0.25) is 14.5 Å². The SMILES string of the molecule is CCN(CC)S(=O)(=O)c1ccc2c(c1)N(CC(=O)N1CCOCC1)C(=O)CO2. The van der Waals surface area contributed by atoms with Crippen molar-refractivity contribution in [1.29, 1.82) is 0 Å². The highest BCUT2D eigenvalue weighted by Gasteiger charge is 2.31. The van der Waals surface area contributed by atoms with E-state index >= 15 is 0 Å². The molecule has 3 rings (SSSR count). The van der Waals surface area contributed by atoms with Crippen LogP contribution in [0.1, 0.15) is 13.8 Å². The minimum Gasteiger partial charge on any atom is -0.482 e. The first-order chi connectivity index (χ1) is 13.4. The van der Waals surface area contributed by atoms with Crippen molar-refractivity contribution in [2.75, 3.05) is 57.4 Å². The van der Waals surface area contributed by atoms with Gasteiger partial charge in [-0.15, -0.1) is 0 Å². The summed E-state index contributed by atoms with van der Waals surface area (Å²) in [5.41, 5.74) is 0.297. The zero-order valence-electron chi connectivity index (χ0n) is 16.1. The monoisotopic (exact) mass is 411 g/mol. The highest BCUT2D eigenvalue weighted by atomic mass is 32.2. The van der Waals surface area contributed by atoms with Crippen LogP contribution in [0.25, 0.3) is 0 Å². The van der Waals surface area contributed by atoms with E-state index in [0.717, 1.165) is 0 Å². The number of anilines is 1. The lowest BCUT2D eigenvalue weighted by molar-refractivity contribution is -0.135. The molecule has 1 aromatic carbocycles. The topological polar surface area (TPSA) is 96.5 Å². The molecule has 0 N–H and O–H groups in total. The van der Waals surface area contributed by atoms with Gasteiger partial charge in [0.15, 0.2) is 6.61 Å². The first kappa shape index (κ1) is 20.6. The van der Waals surface area contributed by atoms with Gasteiger partial charge >= 0.3 is 0 Å². The van der Waals surface area contributed by atoms with Crippen molar-refractivity contribution in [3.05, 3.63) is 18.2 Å². The number of rotatable bonds is 6. The van der Waals surface area contributed by atoms with Gasteiger partial charge in [-0.05, 0) is 18.2 Å². The lowest BCUT2D eigenvalue weighted by atomic mass is 10.2. The Morgan fingerprint density at radius 1 is 1.18 bits per heavy atom. The van der Waals surface area contributed by atoms with Crippen LogP contribution < -0.4 is 9.64 Å². The second-order valence-corrected chi connectivity index (χ2v) is 8.42. The van der Waals surface area contributed by atoms with Gasteiger partial charge < -0.3 is 14.4 Å². The number of carbonyl (C=O) groups is 2. The minimum atomic E-state index is -3.70. The molecular formula is C18H25N3O6S. The fourth-order valence-corrected chi connectivity index (χ4v) is 4.75.